The molecule has 1 heterocycles. The maximum atomic E-state index is 12.8. The lowest BCUT2D eigenvalue weighted by atomic mass is 10.1. The molecule has 116 valence electrons. The molecule has 0 amide bonds. The van der Waals surface area contributed by atoms with Crippen LogP contribution in [0.4, 0.5) is 5.69 Å². The van der Waals surface area contributed by atoms with Crippen LogP contribution in [0.3, 0.4) is 0 Å². The van der Waals surface area contributed by atoms with E-state index in [-0.39, 0.29) is 17.1 Å². The summed E-state index contributed by atoms with van der Waals surface area (Å²) in [5.74, 6) is -0.535. The largest absolute Gasteiger partial charge is 0.468 e. The van der Waals surface area contributed by atoms with Gasteiger partial charge in [0, 0.05) is 11.0 Å². The number of hydrogen-bond donors (Lipinski definition) is 1. The Hall–Kier alpha value is -1.12. The Kier molecular flexibility index (Phi) is 4.90. The number of nitrogen functional groups attached to an aromatic ring is 1. The molecule has 1 atom stereocenters. The quantitative estimate of drug-likeness (QED) is 0.640. The van der Waals surface area contributed by atoms with Gasteiger partial charge in [0.25, 0.3) is 0 Å². The van der Waals surface area contributed by atoms with Gasteiger partial charge in [0.15, 0.2) is 0 Å². The molecule has 0 bridgehead atoms. The molecule has 1 fully saturated rings. The second-order valence-corrected chi connectivity index (χ2v) is 7.61. The van der Waals surface area contributed by atoms with E-state index < -0.39 is 22.0 Å². The molecule has 6 nitrogen and oxygen atoms in total. The first-order chi connectivity index (χ1) is 9.87. The van der Waals surface area contributed by atoms with Crippen LogP contribution in [0, 0.1) is 0 Å². The lowest BCUT2D eigenvalue weighted by molar-refractivity contribution is -0.146. The molecule has 1 saturated heterocycles. The maximum absolute atomic E-state index is 12.8. The number of carbonyl (C=O) groups excluding carboxylic acids is 1. The molecule has 1 aromatic carbocycles. The van der Waals surface area contributed by atoms with Gasteiger partial charge in [0.2, 0.25) is 10.0 Å². The van der Waals surface area contributed by atoms with Crippen molar-refractivity contribution < 1.29 is 17.9 Å². The number of benzene rings is 1. The Morgan fingerprint density at radius 1 is 1.43 bits per heavy atom. The van der Waals surface area contributed by atoms with Crippen molar-refractivity contribution in [1.29, 1.82) is 0 Å². The first kappa shape index (κ1) is 16.3. The number of carbonyl (C=O) groups is 1. The summed E-state index contributed by atoms with van der Waals surface area (Å²) in [6.45, 7) is 0.286. The van der Waals surface area contributed by atoms with Gasteiger partial charge in [0.05, 0.1) is 12.8 Å². The summed E-state index contributed by atoms with van der Waals surface area (Å²) in [4.78, 5) is 11.8. The Balaban J connectivity index is 2.45. The van der Waals surface area contributed by atoms with E-state index in [0.29, 0.717) is 17.3 Å². The summed E-state index contributed by atoms with van der Waals surface area (Å²) in [7, 11) is -2.58. The number of sulfonamides is 1. The third kappa shape index (κ3) is 3.22. The normalized spacial score (nSPS) is 20.2. The topological polar surface area (TPSA) is 89.7 Å². The number of nitrogens with two attached hydrogens (primary N) is 1. The molecule has 1 aromatic rings. The summed E-state index contributed by atoms with van der Waals surface area (Å²) in [6, 6.07) is 3.86. The van der Waals surface area contributed by atoms with Crippen LogP contribution in [-0.2, 0) is 19.6 Å². The van der Waals surface area contributed by atoms with Gasteiger partial charge in [-0.3, -0.25) is 4.79 Å². The number of piperidine rings is 1. The third-order valence-corrected chi connectivity index (χ3v) is 5.95. The number of methoxy groups -OCH3 is 1. The highest BCUT2D eigenvalue weighted by molar-refractivity contribution is 9.10. The fourth-order valence-corrected chi connectivity index (χ4v) is 4.73. The zero-order chi connectivity index (χ0) is 15.6. The summed E-state index contributed by atoms with van der Waals surface area (Å²) in [5.41, 5.74) is 5.95. The molecule has 0 aromatic heterocycles. The second kappa shape index (κ2) is 6.33. The number of anilines is 1. The summed E-state index contributed by atoms with van der Waals surface area (Å²) >= 11 is 3.24. The Bertz CT molecular complexity index is 648. The summed E-state index contributed by atoms with van der Waals surface area (Å²) < 4.78 is 32.1. The summed E-state index contributed by atoms with van der Waals surface area (Å²) in [5, 5.41) is 0. The average molecular weight is 377 g/mol. The molecule has 1 unspecified atom stereocenters. The van der Waals surface area contributed by atoms with Crippen LogP contribution in [-0.4, -0.2) is 38.4 Å². The summed E-state index contributed by atoms with van der Waals surface area (Å²) in [6.07, 6.45) is 1.96. The average Bonchev–Trinajstić information content (AvgIpc) is 2.48. The third-order valence-electron chi connectivity index (χ3n) is 3.49. The molecule has 2 N–H and O–H groups in total. The number of ether oxygens (including phenoxy) is 1. The van der Waals surface area contributed by atoms with Crippen LogP contribution in [0.2, 0.25) is 0 Å². The first-order valence-corrected chi connectivity index (χ1v) is 8.76. The van der Waals surface area contributed by atoms with E-state index in [1.807, 2.05) is 0 Å². The van der Waals surface area contributed by atoms with Gasteiger partial charge in [-0.1, -0.05) is 15.9 Å². The number of hydrogen-bond acceptors (Lipinski definition) is 5. The van der Waals surface area contributed by atoms with Gasteiger partial charge in [-0.15, -0.1) is 0 Å². The van der Waals surface area contributed by atoms with Gasteiger partial charge < -0.3 is 10.5 Å². The van der Waals surface area contributed by atoms with Gasteiger partial charge >= 0.3 is 5.97 Å². The molecule has 21 heavy (non-hydrogen) atoms. The van der Waals surface area contributed by atoms with Crippen molar-refractivity contribution in [3.63, 3.8) is 0 Å². The van der Waals surface area contributed by atoms with Crippen LogP contribution >= 0.6 is 15.9 Å². The van der Waals surface area contributed by atoms with Crippen molar-refractivity contribution in [2.45, 2.75) is 30.2 Å². The lowest BCUT2D eigenvalue weighted by Gasteiger charge is -2.32. The smallest absolute Gasteiger partial charge is 0.324 e. The van der Waals surface area contributed by atoms with Crippen LogP contribution in [0.5, 0.6) is 0 Å². The van der Waals surface area contributed by atoms with E-state index in [1.54, 1.807) is 6.07 Å². The van der Waals surface area contributed by atoms with E-state index in [4.69, 9.17) is 10.5 Å². The standard InChI is InChI=1S/C13H17BrN2O4S/c1-20-13(17)11-4-2-3-7-16(11)21(18,19)12-8-9(14)5-6-10(12)15/h5-6,8,11H,2-4,7,15H2,1H3. The van der Waals surface area contributed by atoms with Gasteiger partial charge in [-0.05, 0) is 37.5 Å². The molecular formula is C13H17BrN2O4S. The van der Waals surface area contributed by atoms with Crippen molar-refractivity contribution in [1.82, 2.24) is 4.31 Å². The van der Waals surface area contributed by atoms with Crippen molar-refractivity contribution in [3.05, 3.63) is 22.7 Å². The minimum absolute atomic E-state index is 0.00711. The Labute approximate surface area is 132 Å². The van der Waals surface area contributed by atoms with Crippen LogP contribution in [0.1, 0.15) is 19.3 Å². The van der Waals surface area contributed by atoms with Gasteiger partial charge in [0.1, 0.15) is 10.9 Å². The highest BCUT2D eigenvalue weighted by Gasteiger charge is 2.39. The van der Waals surface area contributed by atoms with Crippen molar-refractivity contribution >= 4 is 37.6 Å². The first-order valence-electron chi connectivity index (χ1n) is 6.52. The highest BCUT2D eigenvalue weighted by Crippen LogP contribution is 2.30. The van der Waals surface area contributed by atoms with Crippen LogP contribution in [0.25, 0.3) is 0 Å². The molecule has 0 aliphatic carbocycles. The molecule has 2 rings (SSSR count). The second-order valence-electron chi connectivity index (χ2n) is 4.83. The van der Waals surface area contributed by atoms with Crippen molar-refractivity contribution in [3.8, 4) is 0 Å². The van der Waals surface area contributed by atoms with Gasteiger partial charge in [-0.25, -0.2) is 8.42 Å². The van der Waals surface area contributed by atoms with Crippen LogP contribution in [0.15, 0.2) is 27.6 Å². The van der Waals surface area contributed by atoms with Gasteiger partial charge in [-0.2, -0.15) is 4.31 Å². The number of halogens is 1. The molecule has 8 heteroatoms. The zero-order valence-corrected chi connectivity index (χ0v) is 14.0. The zero-order valence-electron chi connectivity index (χ0n) is 11.6. The number of rotatable bonds is 3. The van der Waals surface area contributed by atoms with Crippen molar-refractivity contribution in [2.75, 3.05) is 19.4 Å². The molecule has 0 saturated carbocycles. The SMILES string of the molecule is COC(=O)C1CCCCN1S(=O)(=O)c1cc(Br)ccc1N. The van der Waals surface area contributed by atoms with Crippen molar-refractivity contribution in [2.24, 2.45) is 0 Å². The molecule has 0 radical (unpaired) electrons. The predicted molar refractivity (Wildman–Crippen MR) is 82.1 cm³/mol. The fourth-order valence-electron chi connectivity index (χ4n) is 2.42. The van der Waals surface area contributed by atoms with Crippen LogP contribution < -0.4 is 5.73 Å². The molecule has 1 aliphatic heterocycles. The number of esters is 1. The number of nitrogens with zero attached hydrogens (tertiary/aromatic N) is 1. The predicted octanol–water partition coefficient (Wildman–Crippen LogP) is 1.75. The van der Waals surface area contributed by atoms with E-state index in [0.717, 1.165) is 6.42 Å². The molecule has 0 spiro atoms. The minimum Gasteiger partial charge on any atom is -0.468 e. The van der Waals surface area contributed by atoms with E-state index in [1.165, 1.54) is 23.5 Å². The maximum Gasteiger partial charge on any atom is 0.324 e. The highest BCUT2D eigenvalue weighted by atomic mass is 79.9. The molecular weight excluding hydrogens is 360 g/mol. The van der Waals surface area contributed by atoms with E-state index in [2.05, 4.69) is 15.9 Å². The fraction of sp³-hybridized carbons (Fsp3) is 0.462. The Morgan fingerprint density at radius 2 is 2.14 bits per heavy atom. The van der Waals surface area contributed by atoms with E-state index in [9.17, 15) is 13.2 Å². The monoisotopic (exact) mass is 376 g/mol. The lowest BCUT2D eigenvalue weighted by Crippen LogP contribution is -2.48. The minimum atomic E-state index is -3.84. The molecule has 1 aliphatic rings. The Morgan fingerprint density at radius 3 is 2.81 bits per heavy atom. The van der Waals surface area contributed by atoms with E-state index >= 15 is 0 Å².